The first-order valence-corrected chi connectivity index (χ1v) is 6.94. The molecule has 1 unspecified atom stereocenters. The van der Waals surface area contributed by atoms with E-state index in [1.165, 1.54) is 17.2 Å². The lowest BCUT2D eigenvalue weighted by atomic mass is 9.99. The molecule has 0 radical (unpaired) electrons. The van der Waals surface area contributed by atoms with Crippen molar-refractivity contribution in [2.24, 2.45) is 0 Å². The van der Waals surface area contributed by atoms with Crippen molar-refractivity contribution in [1.29, 1.82) is 0 Å². The van der Waals surface area contributed by atoms with E-state index < -0.39 is 6.10 Å². The topological polar surface area (TPSA) is 23.5 Å². The fourth-order valence-corrected chi connectivity index (χ4v) is 2.74. The Balaban J connectivity index is 1.88. The first-order valence-electron chi connectivity index (χ1n) is 6.94. The molecule has 2 nitrogen and oxygen atoms in total. The molecule has 1 heterocycles. The maximum Gasteiger partial charge on any atom is 0.146 e. The van der Waals surface area contributed by atoms with Crippen LogP contribution >= 0.6 is 0 Å². The summed E-state index contributed by atoms with van der Waals surface area (Å²) < 4.78 is 14.2. The number of aliphatic hydroxyl groups excluding tert-OH is 1. The Labute approximate surface area is 118 Å². The average Bonchev–Trinajstić information content (AvgIpc) is 2.46. The minimum Gasteiger partial charge on any atom is -0.389 e. The number of aliphatic hydroxyl groups is 1. The maximum absolute atomic E-state index is 14.2. The van der Waals surface area contributed by atoms with Gasteiger partial charge in [-0.25, -0.2) is 4.39 Å². The Morgan fingerprint density at radius 3 is 2.60 bits per heavy atom. The zero-order valence-corrected chi connectivity index (χ0v) is 11.5. The van der Waals surface area contributed by atoms with E-state index in [9.17, 15) is 9.50 Å². The molecule has 0 saturated carbocycles. The lowest BCUT2D eigenvalue weighted by molar-refractivity contribution is 0.199. The van der Waals surface area contributed by atoms with Gasteiger partial charge in [0.25, 0.3) is 0 Å². The van der Waals surface area contributed by atoms with E-state index in [1.807, 2.05) is 12.1 Å². The molecule has 0 fully saturated rings. The van der Waals surface area contributed by atoms with E-state index in [-0.39, 0.29) is 5.82 Å². The molecule has 0 aliphatic carbocycles. The van der Waals surface area contributed by atoms with E-state index in [2.05, 4.69) is 17.0 Å². The Kier molecular flexibility index (Phi) is 3.45. The Morgan fingerprint density at radius 2 is 1.90 bits per heavy atom. The van der Waals surface area contributed by atoms with Gasteiger partial charge < -0.3 is 10.0 Å². The van der Waals surface area contributed by atoms with Gasteiger partial charge in [0.05, 0.1) is 11.8 Å². The Hall–Kier alpha value is -1.87. The predicted molar refractivity (Wildman–Crippen MR) is 78.2 cm³/mol. The van der Waals surface area contributed by atoms with Crippen molar-refractivity contribution in [1.82, 2.24) is 0 Å². The van der Waals surface area contributed by atoms with Gasteiger partial charge in [0.1, 0.15) is 5.82 Å². The highest BCUT2D eigenvalue weighted by molar-refractivity contribution is 5.52. The van der Waals surface area contributed by atoms with Gasteiger partial charge in [-0.2, -0.15) is 0 Å². The molecule has 1 aliphatic rings. The number of halogens is 1. The van der Waals surface area contributed by atoms with E-state index in [0.29, 0.717) is 11.3 Å². The van der Waals surface area contributed by atoms with Crippen molar-refractivity contribution < 1.29 is 9.50 Å². The van der Waals surface area contributed by atoms with Crippen molar-refractivity contribution in [3.63, 3.8) is 0 Å². The second-order valence-corrected chi connectivity index (χ2v) is 5.33. The van der Waals surface area contributed by atoms with Crippen molar-refractivity contribution >= 4 is 5.69 Å². The number of anilines is 1. The zero-order valence-electron chi connectivity index (χ0n) is 11.5. The van der Waals surface area contributed by atoms with Crippen LogP contribution in [0.2, 0.25) is 0 Å². The molecule has 0 amide bonds. The van der Waals surface area contributed by atoms with Gasteiger partial charge in [0.2, 0.25) is 0 Å². The monoisotopic (exact) mass is 271 g/mol. The summed E-state index contributed by atoms with van der Waals surface area (Å²) in [6.07, 6.45) is 0.300. The molecular formula is C17H18FNO. The van der Waals surface area contributed by atoms with Crippen LogP contribution in [0, 0.1) is 5.82 Å². The molecule has 2 aromatic rings. The average molecular weight is 271 g/mol. The second-order valence-electron chi connectivity index (χ2n) is 5.33. The SMILES string of the molecule is CC(O)c1ccc(N2CCc3ccccc3C2)c(F)c1. The molecule has 1 aliphatic heterocycles. The molecular weight excluding hydrogens is 253 g/mol. The Morgan fingerprint density at radius 1 is 1.15 bits per heavy atom. The third-order valence-electron chi connectivity index (χ3n) is 3.93. The molecule has 0 bridgehead atoms. The van der Waals surface area contributed by atoms with E-state index in [1.54, 1.807) is 19.1 Å². The van der Waals surface area contributed by atoms with Crippen LogP contribution in [0.5, 0.6) is 0 Å². The number of rotatable bonds is 2. The van der Waals surface area contributed by atoms with Crippen LogP contribution in [0.1, 0.15) is 29.7 Å². The molecule has 20 heavy (non-hydrogen) atoms. The van der Waals surface area contributed by atoms with Crippen LogP contribution < -0.4 is 4.90 Å². The summed E-state index contributed by atoms with van der Waals surface area (Å²) in [6.45, 7) is 3.20. The number of nitrogens with zero attached hydrogens (tertiary/aromatic N) is 1. The first kappa shape index (κ1) is 13.1. The van der Waals surface area contributed by atoms with Gasteiger partial charge in [-0.3, -0.25) is 0 Å². The molecule has 3 heteroatoms. The highest BCUT2D eigenvalue weighted by atomic mass is 19.1. The van der Waals surface area contributed by atoms with Crippen LogP contribution in [0.4, 0.5) is 10.1 Å². The van der Waals surface area contributed by atoms with Crippen molar-refractivity contribution in [3.05, 3.63) is 65.0 Å². The highest BCUT2D eigenvalue weighted by Crippen LogP contribution is 2.28. The van der Waals surface area contributed by atoms with Crippen LogP contribution in [0.3, 0.4) is 0 Å². The smallest absolute Gasteiger partial charge is 0.146 e. The molecule has 0 spiro atoms. The summed E-state index contributed by atoms with van der Waals surface area (Å²) in [4.78, 5) is 2.06. The molecule has 0 saturated heterocycles. The van der Waals surface area contributed by atoms with Gasteiger partial charge in [0, 0.05) is 13.1 Å². The summed E-state index contributed by atoms with van der Waals surface area (Å²) in [5.41, 5.74) is 3.84. The quantitative estimate of drug-likeness (QED) is 0.904. The molecule has 0 aromatic heterocycles. The van der Waals surface area contributed by atoms with Crippen molar-refractivity contribution in [3.8, 4) is 0 Å². The van der Waals surface area contributed by atoms with E-state index in [4.69, 9.17) is 0 Å². The fourth-order valence-electron chi connectivity index (χ4n) is 2.74. The van der Waals surface area contributed by atoms with Crippen molar-refractivity contribution in [2.75, 3.05) is 11.4 Å². The standard InChI is InChI=1S/C17H18FNO/c1-12(20)14-6-7-17(16(18)10-14)19-9-8-13-4-2-3-5-15(13)11-19/h2-7,10,12,20H,8-9,11H2,1H3. The number of benzene rings is 2. The van der Waals surface area contributed by atoms with E-state index in [0.717, 1.165) is 19.5 Å². The highest BCUT2D eigenvalue weighted by Gasteiger charge is 2.19. The molecule has 2 aromatic carbocycles. The Bertz CT molecular complexity index is 624. The van der Waals surface area contributed by atoms with Gasteiger partial charge in [-0.05, 0) is 42.2 Å². The molecule has 1 N–H and O–H groups in total. The van der Waals surface area contributed by atoms with Crippen molar-refractivity contribution in [2.45, 2.75) is 26.0 Å². The maximum atomic E-state index is 14.2. The number of fused-ring (bicyclic) bond motifs is 1. The largest absolute Gasteiger partial charge is 0.389 e. The molecule has 1 atom stereocenters. The van der Waals surface area contributed by atoms with E-state index >= 15 is 0 Å². The summed E-state index contributed by atoms with van der Waals surface area (Å²) >= 11 is 0. The molecule has 104 valence electrons. The minimum absolute atomic E-state index is 0.261. The summed E-state index contributed by atoms with van der Waals surface area (Å²) in [5, 5.41) is 9.50. The summed E-state index contributed by atoms with van der Waals surface area (Å²) in [7, 11) is 0. The van der Waals surface area contributed by atoms with Gasteiger partial charge >= 0.3 is 0 Å². The number of hydrogen-bond acceptors (Lipinski definition) is 2. The van der Waals surface area contributed by atoms with Crippen LogP contribution in [0.15, 0.2) is 42.5 Å². The lowest BCUT2D eigenvalue weighted by Crippen LogP contribution is -2.31. The zero-order chi connectivity index (χ0) is 14.1. The second kappa shape index (κ2) is 5.25. The van der Waals surface area contributed by atoms with Crippen LogP contribution in [0.25, 0.3) is 0 Å². The lowest BCUT2D eigenvalue weighted by Gasteiger charge is -2.31. The fraction of sp³-hybridized carbons (Fsp3) is 0.294. The van der Waals surface area contributed by atoms with Crippen LogP contribution in [-0.4, -0.2) is 11.7 Å². The third kappa shape index (κ3) is 2.41. The van der Waals surface area contributed by atoms with Crippen LogP contribution in [-0.2, 0) is 13.0 Å². The normalized spacial score (nSPS) is 15.8. The van der Waals surface area contributed by atoms with Gasteiger partial charge in [0.15, 0.2) is 0 Å². The predicted octanol–water partition coefficient (Wildman–Crippen LogP) is 3.44. The number of hydrogen-bond donors (Lipinski definition) is 1. The minimum atomic E-state index is -0.638. The summed E-state index contributed by atoms with van der Waals surface area (Å²) in [5.74, 6) is -0.261. The molecule has 3 rings (SSSR count). The first-order chi connectivity index (χ1) is 9.65. The van der Waals surface area contributed by atoms with Gasteiger partial charge in [-0.1, -0.05) is 30.3 Å². The van der Waals surface area contributed by atoms with Gasteiger partial charge in [-0.15, -0.1) is 0 Å². The third-order valence-corrected chi connectivity index (χ3v) is 3.93. The summed E-state index contributed by atoms with van der Waals surface area (Å²) in [6, 6.07) is 13.3.